The van der Waals surface area contributed by atoms with E-state index in [4.69, 9.17) is 11.6 Å². The third-order valence-electron chi connectivity index (χ3n) is 3.69. The minimum atomic E-state index is 0.539. The van der Waals surface area contributed by atoms with Gasteiger partial charge in [-0.2, -0.15) is 5.10 Å². The molecule has 2 aromatic rings. The Morgan fingerprint density at radius 1 is 1.33 bits per heavy atom. The summed E-state index contributed by atoms with van der Waals surface area (Å²) in [7, 11) is 1.93. The zero-order valence-electron chi connectivity index (χ0n) is 10.4. The quantitative estimate of drug-likeness (QED) is 0.770. The van der Waals surface area contributed by atoms with Crippen LogP contribution < -0.4 is 0 Å². The lowest BCUT2D eigenvalue weighted by Gasteiger charge is -2.13. The van der Waals surface area contributed by atoms with Crippen molar-refractivity contribution in [3.8, 4) is 11.3 Å². The second-order valence-electron chi connectivity index (χ2n) is 4.95. The van der Waals surface area contributed by atoms with Gasteiger partial charge in [0.15, 0.2) is 0 Å². The fourth-order valence-corrected chi connectivity index (χ4v) is 2.94. The predicted octanol–water partition coefficient (Wildman–Crippen LogP) is 3.79. The molecule has 0 spiro atoms. The largest absolute Gasteiger partial charge is 0.275 e. The van der Waals surface area contributed by atoms with Crippen molar-refractivity contribution < 1.29 is 0 Å². The molecule has 2 heterocycles. The van der Waals surface area contributed by atoms with Gasteiger partial charge in [-0.15, -0.1) is 0 Å². The first-order valence-corrected chi connectivity index (χ1v) is 6.77. The third kappa shape index (κ3) is 2.15. The number of aromatic nitrogens is 3. The summed E-state index contributed by atoms with van der Waals surface area (Å²) < 4.78 is 1.82. The van der Waals surface area contributed by atoms with E-state index in [9.17, 15) is 0 Å². The van der Waals surface area contributed by atoms with Crippen molar-refractivity contribution in [3.05, 3.63) is 35.2 Å². The molecule has 18 heavy (non-hydrogen) atoms. The first kappa shape index (κ1) is 11.7. The topological polar surface area (TPSA) is 30.7 Å². The van der Waals surface area contributed by atoms with E-state index in [1.807, 2.05) is 36.3 Å². The molecule has 0 radical (unpaired) electrons. The lowest BCUT2D eigenvalue weighted by molar-refractivity contribution is 0.719. The zero-order chi connectivity index (χ0) is 12.5. The molecule has 0 bridgehead atoms. The Hall–Kier alpha value is -1.35. The van der Waals surface area contributed by atoms with Crippen molar-refractivity contribution >= 4 is 11.6 Å². The molecule has 2 aromatic heterocycles. The van der Waals surface area contributed by atoms with Crippen LogP contribution in [0.3, 0.4) is 0 Å². The molecule has 0 atom stereocenters. The fraction of sp³-hybridized carbons (Fsp3) is 0.429. The second-order valence-corrected chi connectivity index (χ2v) is 5.34. The highest BCUT2D eigenvalue weighted by atomic mass is 35.5. The molecule has 1 saturated carbocycles. The minimum absolute atomic E-state index is 0.539. The van der Waals surface area contributed by atoms with Crippen molar-refractivity contribution in [2.24, 2.45) is 7.05 Å². The Balaban J connectivity index is 2.08. The molecule has 1 aliphatic carbocycles. The number of aryl methyl sites for hydroxylation is 1. The van der Waals surface area contributed by atoms with E-state index in [0.29, 0.717) is 11.1 Å². The van der Waals surface area contributed by atoms with E-state index in [0.717, 1.165) is 11.3 Å². The summed E-state index contributed by atoms with van der Waals surface area (Å²) in [6.07, 6.45) is 9.03. The maximum absolute atomic E-state index is 6.03. The van der Waals surface area contributed by atoms with E-state index in [1.165, 1.54) is 31.2 Å². The molecule has 0 saturated heterocycles. The van der Waals surface area contributed by atoms with E-state index >= 15 is 0 Å². The normalized spacial score (nSPS) is 16.3. The maximum Gasteiger partial charge on any atom is 0.129 e. The van der Waals surface area contributed by atoms with Crippen molar-refractivity contribution in [1.82, 2.24) is 14.8 Å². The zero-order valence-corrected chi connectivity index (χ0v) is 11.2. The molecule has 3 nitrogen and oxygen atoms in total. The summed E-state index contributed by atoms with van der Waals surface area (Å²) >= 11 is 6.03. The third-order valence-corrected chi connectivity index (χ3v) is 3.89. The molecule has 0 unspecified atom stereocenters. The summed E-state index contributed by atoms with van der Waals surface area (Å²) in [4.78, 5) is 4.25. The summed E-state index contributed by atoms with van der Waals surface area (Å²) in [5.41, 5.74) is 3.43. The van der Waals surface area contributed by atoms with Gasteiger partial charge in [-0.3, -0.25) is 4.68 Å². The van der Waals surface area contributed by atoms with E-state index in [-0.39, 0.29) is 0 Å². The van der Waals surface area contributed by atoms with Crippen molar-refractivity contribution in [2.45, 2.75) is 31.6 Å². The van der Waals surface area contributed by atoms with Gasteiger partial charge in [0, 0.05) is 25.0 Å². The number of rotatable bonds is 2. The summed E-state index contributed by atoms with van der Waals surface area (Å²) in [6, 6.07) is 3.97. The smallest absolute Gasteiger partial charge is 0.129 e. The van der Waals surface area contributed by atoms with Crippen LogP contribution in [0.1, 0.15) is 37.2 Å². The van der Waals surface area contributed by atoms with E-state index < -0.39 is 0 Å². The second kappa shape index (κ2) is 4.73. The Bertz CT molecular complexity index is 556. The van der Waals surface area contributed by atoms with Gasteiger partial charge >= 0.3 is 0 Å². The summed E-state index contributed by atoms with van der Waals surface area (Å²) in [5, 5.41) is 5.02. The van der Waals surface area contributed by atoms with E-state index in [2.05, 4.69) is 10.1 Å². The van der Waals surface area contributed by atoms with Gasteiger partial charge in [0.1, 0.15) is 5.15 Å². The number of pyridine rings is 1. The average molecular weight is 262 g/mol. The number of hydrogen-bond acceptors (Lipinski definition) is 2. The highest BCUT2D eigenvalue weighted by molar-refractivity contribution is 6.29. The van der Waals surface area contributed by atoms with Crippen molar-refractivity contribution in [1.29, 1.82) is 0 Å². The highest BCUT2D eigenvalue weighted by Crippen LogP contribution is 2.39. The molecule has 4 heteroatoms. The van der Waals surface area contributed by atoms with E-state index in [1.54, 1.807) is 0 Å². The van der Waals surface area contributed by atoms with Crippen LogP contribution in [0.15, 0.2) is 24.5 Å². The molecule has 1 aliphatic rings. The molecule has 0 aliphatic heterocycles. The van der Waals surface area contributed by atoms with Crippen LogP contribution in [-0.2, 0) is 7.05 Å². The molecule has 94 valence electrons. The highest BCUT2D eigenvalue weighted by Gasteiger charge is 2.21. The van der Waals surface area contributed by atoms with Crippen LogP contribution in [0.25, 0.3) is 11.3 Å². The van der Waals surface area contributed by atoms with Crippen LogP contribution >= 0.6 is 11.6 Å². The van der Waals surface area contributed by atoms with Gasteiger partial charge in [-0.1, -0.05) is 24.4 Å². The van der Waals surface area contributed by atoms with Crippen LogP contribution in [0.4, 0.5) is 0 Å². The SMILES string of the molecule is Cn1ccc(-c2cc(Cl)ncc2C2CCCC2)n1. The first-order chi connectivity index (χ1) is 8.74. The van der Waals surface area contributed by atoms with Gasteiger partial charge in [0.25, 0.3) is 0 Å². The van der Waals surface area contributed by atoms with Crippen LogP contribution in [0, 0.1) is 0 Å². The molecular formula is C14H16ClN3. The average Bonchev–Trinajstić information content (AvgIpc) is 2.99. The van der Waals surface area contributed by atoms with Gasteiger partial charge in [0.05, 0.1) is 5.69 Å². The van der Waals surface area contributed by atoms with Crippen molar-refractivity contribution in [3.63, 3.8) is 0 Å². The lowest BCUT2D eigenvalue weighted by Crippen LogP contribution is -1.98. The van der Waals surface area contributed by atoms with Crippen LogP contribution in [-0.4, -0.2) is 14.8 Å². The monoisotopic (exact) mass is 261 g/mol. The standard InChI is InChI=1S/C14H16ClN3/c1-18-7-6-13(17-18)11-8-14(15)16-9-12(11)10-4-2-3-5-10/h6-10H,2-5H2,1H3. The van der Waals surface area contributed by atoms with Gasteiger partial charge in [-0.05, 0) is 36.5 Å². The molecule has 0 amide bonds. The Morgan fingerprint density at radius 2 is 2.11 bits per heavy atom. The number of hydrogen-bond donors (Lipinski definition) is 0. The first-order valence-electron chi connectivity index (χ1n) is 6.39. The van der Waals surface area contributed by atoms with Gasteiger partial charge in [0.2, 0.25) is 0 Å². The number of nitrogens with zero attached hydrogens (tertiary/aromatic N) is 3. The van der Waals surface area contributed by atoms with Crippen molar-refractivity contribution in [2.75, 3.05) is 0 Å². The predicted molar refractivity (Wildman–Crippen MR) is 72.7 cm³/mol. The van der Waals surface area contributed by atoms with Crippen LogP contribution in [0.5, 0.6) is 0 Å². The fourth-order valence-electron chi connectivity index (χ4n) is 2.78. The molecule has 0 N–H and O–H groups in total. The summed E-state index contributed by atoms with van der Waals surface area (Å²) in [6.45, 7) is 0. The molecule has 0 aromatic carbocycles. The van der Waals surface area contributed by atoms with Gasteiger partial charge < -0.3 is 0 Å². The Kier molecular flexibility index (Phi) is 3.08. The number of halogens is 1. The van der Waals surface area contributed by atoms with Crippen LogP contribution in [0.2, 0.25) is 5.15 Å². The Labute approximate surface area is 112 Å². The minimum Gasteiger partial charge on any atom is -0.275 e. The Morgan fingerprint density at radius 3 is 2.78 bits per heavy atom. The van der Waals surface area contributed by atoms with Gasteiger partial charge in [-0.25, -0.2) is 4.98 Å². The molecular weight excluding hydrogens is 246 g/mol. The lowest BCUT2D eigenvalue weighted by atomic mass is 9.93. The maximum atomic E-state index is 6.03. The molecule has 1 fully saturated rings. The summed E-state index contributed by atoms with van der Waals surface area (Å²) in [5.74, 6) is 0.617. The molecule has 3 rings (SSSR count).